The molecule has 7 rings (SSSR count). The molecule has 3 aromatic carbocycles. The van der Waals surface area contributed by atoms with Crippen molar-refractivity contribution in [2.75, 3.05) is 25.2 Å². The van der Waals surface area contributed by atoms with Gasteiger partial charge in [0.15, 0.2) is 5.43 Å². The minimum atomic E-state index is -1.25. The van der Waals surface area contributed by atoms with Crippen LogP contribution in [0.25, 0.3) is 33.4 Å². The Morgan fingerprint density at radius 1 is 0.970 bits per heavy atom. The number of nitrogens with one attached hydrogen (secondary N) is 3. The molecule has 2 aliphatic carbocycles. The number of carboxylic acid groups (broad SMARTS) is 1. The zero-order chi connectivity index (χ0) is 48.2. The number of likely N-dealkylation sites (N-methyl/N-ethyl adjacent to an activating group) is 1. The standard InChI is InChI=1S/C50H55N5O11S/c1-28(54(5)49(64)66-50(2,3)4)44(58)53-39(47(61)55-27-67-26-40(55)46(60)52-38-15-10-12-29-11-6-7-13-33(29)38)14-8-9-22-51-45(59)37-23-30(48(62)63)16-19-34(37)43-35-20-17-31(56)24-41(35)65-42-25-32(57)18-21-36(42)43/h6-7,11,13,16-21,23-25,28,38-40,56H,8-10,12,14-15,22,26-27H2,1-5H3,(H,51,59)(H,52,60)(H,53,58)(H,62,63). The number of rotatable bonds is 14. The molecule has 5 N–H and O–H groups in total. The number of hydrogen-bond acceptors (Lipinski definition) is 11. The average molecular weight is 934 g/mol. The lowest BCUT2D eigenvalue weighted by Crippen LogP contribution is -2.57. The maximum absolute atomic E-state index is 14.5. The molecule has 0 bridgehead atoms. The lowest BCUT2D eigenvalue weighted by Gasteiger charge is -2.32. The van der Waals surface area contributed by atoms with Crippen molar-refractivity contribution < 1.29 is 48.1 Å². The first-order valence-corrected chi connectivity index (χ1v) is 23.4. The fraction of sp³-hybridized carbons (Fsp3) is 0.380. The maximum Gasteiger partial charge on any atom is 0.410 e. The smallest absolute Gasteiger partial charge is 0.410 e. The van der Waals surface area contributed by atoms with Crippen molar-refractivity contribution in [3.05, 3.63) is 111 Å². The molecule has 1 saturated heterocycles. The number of hydrogen-bond donors (Lipinski definition) is 5. The van der Waals surface area contributed by atoms with Gasteiger partial charge in [0.2, 0.25) is 17.7 Å². The Bertz CT molecular complexity index is 2750. The number of aromatic hydroxyl groups is 1. The second-order valence-corrected chi connectivity index (χ2v) is 18.9. The molecule has 352 valence electrons. The fourth-order valence-corrected chi connectivity index (χ4v) is 9.63. The first-order chi connectivity index (χ1) is 31.9. The van der Waals surface area contributed by atoms with E-state index in [1.54, 1.807) is 32.9 Å². The van der Waals surface area contributed by atoms with E-state index in [1.165, 1.54) is 78.7 Å². The van der Waals surface area contributed by atoms with Gasteiger partial charge in [0.25, 0.3) is 5.91 Å². The molecule has 0 saturated carbocycles. The van der Waals surface area contributed by atoms with E-state index < -0.39 is 53.5 Å². The molecule has 16 nitrogen and oxygen atoms in total. The molecule has 4 unspecified atom stereocenters. The first-order valence-electron chi connectivity index (χ1n) is 22.3. The number of amides is 5. The van der Waals surface area contributed by atoms with E-state index in [4.69, 9.17) is 9.15 Å². The lowest BCUT2D eigenvalue weighted by molar-refractivity contribution is -0.142. The van der Waals surface area contributed by atoms with Gasteiger partial charge in [0, 0.05) is 53.6 Å². The number of unbranched alkanes of at least 4 members (excludes halogenated alkanes) is 1. The summed E-state index contributed by atoms with van der Waals surface area (Å²) in [5.74, 6) is -2.48. The van der Waals surface area contributed by atoms with Crippen molar-refractivity contribution in [1.82, 2.24) is 25.8 Å². The van der Waals surface area contributed by atoms with Crippen LogP contribution in [-0.2, 0) is 25.5 Å². The summed E-state index contributed by atoms with van der Waals surface area (Å²) in [6.45, 7) is 6.75. The van der Waals surface area contributed by atoms with Crippen LogP contribution in [0.3, 0.4) is 0 Å². The van der Waals surface area contributed by atoms with Gasteiger partial charge < -0.3 is 40.2 Å². The van der Waals surface area contributed by atoms with Crippen LogP contribution in [0.15, 0.2) is 88.1 Å². The summed E-state index contributed by atoms with van der Waals surface area (Å²) in [4.78, 5) is 96.3. The average Bonchev–Trinajstić information content (AvgIpc) is 3.79. The monoisotopic (exact) mass is 933 g/mol. The van der Waals surface area contributed by atoms with Gasteiger partial charge in [-0.2, -0.15) is 0 Å². The highest BCUT2D eigenvalue weighted by atomic mass is 32.2. The first kappa shape index (κ1) is 48.1. The van der Waals surface area contributed by atoms with Gasteiger partial charge >= 0.3 is 12.1 Å². The van der Waals surface area contributed by atoms with Gasteiger partial charge in [0.05, 0.1) is 17.5 Å². The molecular weight excluding hydrogens is 879 g/mol. The molecule has 4 atom stereocenters. The summed E-state index contributed by atoms with van der Waals surface area (Å²) in [7, 11) is 1.43. The number of benzene rings is 4. The van der Waals surface area contributed by atoms with Gasteiger partial charge in [-0.15, -0.1) is 11.8 Å². The van der Waals surface area contributed by atoms with Crippen molar-refractivity contribution in [3.63, 3.8) is 0 Å². The zero-order valence-corrected chi connectivity index (χ0v) is 38.9. The SMILES string of the molecule is CC(C(=O)NC(CCCCNC(=O)c1cc(C(=O)O)ccc1-c1c2ccc(=O)cc-2oc2cc(O)ccc12)C(=O)N1CSCC1C(=O)NC1CCCc2ccccc21)N(C)C(=O)OC(C)(C)C. The summed E-state index contributed by atoms with van der Waals surface area (Å²) >= 11 is 1.44. The molecule has 0 aromatic heterocycles. The number of aromatic carboxylic acids is 1. The van der Waals surface area contributed by atoms with Gasteiger partial charge in [0.1, 0.15) is 40.8 Å². The fourth-order valence-electron chi connectivity index (χ4n) is 8.47. The van der Waals surface area contributed by atoms with Crippen LogP contribution in [0.1, 0.15) is 97.7 Å². The van der Waals surface area contributed by atoms with E-state index in [0.717, 1.165) is 29.7 Å². The van der Waals surface area contributed by atoms with Crippen molar-refractivity contribution >= 4 is 58.4 Å². The van der Waals surface area contributed by atoms with Crippen molar-refractivity contribution in [2.24, 2.45) is 0 Å². The Morgan fingerprint density at radius 2 is 1.73 bits per heavy atom. The van der Waals surface area contributed by atoms with Crippen LogP contribution >= 0.6 is 11.8 Å². The highest BCUT2D eigenvalue weighted by Gasteiger charge is 2.40. The van der Waals surface area contributed by atoms with E-state index in [1.807, 2.05) is 18.2 Å². The molecule has 4 aliphatic rings. The van der Waals surface area contributed by atoms with Gasteiger partial charge in [-0.3, -0.25) is 28.9 Å². The Labute approximate surface area is 391 Å². The molecule has 2 aliphatic heterocycles. The number of phenolic OH excluding ortho intramolecular Hbond substituents is 1. The van der Waals surface area contributed by atoms with E-state index in [0.29, 0.717) is 40.7 Å². The maximum atomic E-state index is 14.5. The van der Waals surface area contributed by atoms with Crippen LogP contribution in [0.5, 0.6) is 5.75 Å². The molecule has 67 heavy (non-hydrogen) atoms. The largest absolute Gasteiger partial charge is 0.508 e. The van der Waals surface area contributed by atoms with Gasteiger partial charge in [-0.1, -0.05) is 30.3 Å². The number of ether oxygens (including phenoxy) is 1. The second-order valence-electron chi connectivity index (χ2n) is 17.9. The van der Waals surface area contributed by atoms with Crippen LogP contribution < -0.4 is 21.4 Å². The third kappa shape index (κ3) is 11.1. The van der Waals surface area contributed by atoms with E-state index >= 15 is 0 Å². The van der Waals surface area contributed by atoms with Crippen molar-refractivity contribution in [1.29, 1.82) is 0 Å². The number of aryl methyl sites for hydroxylation is 1. The quantitative estimate of drug-likeness (QED) is 0.0579. The van der Waals surface area contributed by atoms with E-state index in [-0.39, 0.29) is 64.4 Å². The minimum absolute atomic E-state index is 0.0314. The normalized spacial score (nSPS) is 16.7. The van der Waals surface area contributed by atoms with E-state index in [2.05, 4.69) is 22.0 Å². The third-order valence-electron chi connectivity index (χ3n) is 12.1. The highest BCUT2D eigenvalue weighted by Crippen LogP contribution is 2.42. The van der Waals surface area contributed by atoms with Gasteiger partial charge in [-0.05, 0) is 119 Å². The second kappa shape index (κ2) is 20.3. The molecule has 2 heterocycles. The van der Waals surface area contributed by atoms with Crippen molar-refractivity contribution in [3.8, 4) is 28.2 Å². The van der Waals surface area contributed by atoms with Crippen LogP contribution in [-0.4, -0.2) is 105 Å². The number of carbonyl (C=O) groups excluding carboxylic acids is 5. The van der Waals surface area contributed by atoms with Crippen LogP contribution in [0.2, 0.25) is 0 Å². The Hall–Kier alpha value is -6.88. The summed E-state index contributed by atoms with van der Waals surface area (Å²) < 4.78 is 11.4. The molecule has 5 amide bonds. The summed E-state index contributed by atoms with van der Waals surface area (Å²) in [5, 5.41) is 29.6. The Balaban J connectivity index is 1.08. The van der Waals surface area contributed by atoms with Crippen molar-refractivity contribution in [2.45, 2.75) is 96.0 Å². The number of phenols is 1. The predicted molar refractivity (Wildman–Crippen MR) is 253 cm³/mol. The number of fused-ring (bicyclic) bond motifs is 3. The number of carbonyl (C=O) groups is 6. The topological polar surface area (TPSA) is 225 Å². The number of thioether (sulfide) groups is 1. The molecule has 1 fully saturated rings. The van der Waals surface area contributed by atoms with Crippen LogP contribution in [0.4, 0.5) is 4.79 Å². The minimum Gasteiger partial charge on any atom is -0.508 e. The van der Waals surface area contributed by atoms with E-state index in [9.17, 15) is 43.8 Å². The molecule has 17 heteroatoms. The predicted octanol–water partition coefficient (Wildman–Crippen LogP) is 6.70. The molecule has 0 radical (unpaired) electrons. The number of carboxylic acids is 1. The molecule has 3 aromatic rings. The zero-order valence-electron chi connectivity index (χ0n) is 38.1. The summed E-state index contributed by atoms with van der Waals surface area (Å²) in [6, 6.07) is 17.7. The molecule has 0 spiro atoms. The third-order valence-corrected chi connectivity index (χ3v) is 13.1. The van der Waals surface area contributed by atoms with Crippen LogP contribution in [0, 0.1) is 0 Å². The molecular formula is C50H55N5O11S. The Kier molecular flexibility index (Phi) is 14.6. The Morgan fingerprint density at radius 3 is 2.49 bits per heavy atom. The lowest BCUT2D eigenvalue weighted by atomic mass is 9.87. The summed E-state index contributed by atoms with van der Waals surface area (Å²) in [6.07, 6.45) is 2.66. The number of nitrogens with zero attached hydrogens (tertiary/aromatic N) is 2. The summed E-state index contributed by atoms with van der Waals surface area (Å²) in [5.41, 5.74) is 2.56. The highest BCUT2D eigenvalue weighted by molar-refractivity contribution is 7.99. The van der Waals surface area contributed by atoms with Gasteiger partial charge in [-0.25, -0.2) is 9.59 Å².